The van der Waals surface area contributed by atoms with Gasteiger partial charge in [0, 0.05) is 11.6 Å². The van der Waals surface area contributed by atoms with E-state index in [1.54, 1.807) is 19.1 Å². The molecule has 0 heterocycles. The average Bonchev–Trinajstić information content (AvgIpc) is 2.62. The molecule has 0 spiro atoms. The Morgan fingerprint density at radius 3 is 2.60 bits per heavy atom. The molecule has 0 aliphatic rings. The molecule has 3 nitrogen and oxygen atoms in total. The number of hydrogen-bond donors (Lipinski definition) is 1. The highest BCUT2D eigenvalue weighted by Crippen LogP contribution is 2.22. The van der Waals surface area contributed by atoms with Crippen molar-refractivity contribution in [3.63, 3.8) is 0 Å². The second-order valence-electron chi connectivity index (χ2n) is 6.07. The summed E-state index contributed by atoms with van der Waals surface area (Å²) in [5, 5.41) is 5.95. The third-order valence-electron chi connectivity index (χ3n) is 4.09. The maximum Gasteiger partial charge on any atom is 0.261 e. The zero-order valence-electron chi connectivity index (χ0n) is 14.3. The topological polar surface area (TPSA) is 38.3 Å². The highest BCUT2D eigenvalue weighted by atomic mass is 35.5. The molecule has 3 rings (SSSR count). The summed E-state index contributed by atoms with van der Waals surface area (Å²) >= 11 is 6.00. The quantitative estimate of drug-likeness (QED) is 0.709. The molecule has 25 heavy (non-hydrogen) atoms. The summed E-state index contributed by atoms with van der Waals surface area (Å²) in [6, 6.07) is 19.7. The first-order valence-corrected chi connectivity index (χ1v) is 8.59. The van der Waals surface area contributed by atoms with Crippen LogP contribution in [0.15, 0.2) is 60.7 Å². The van der Waals surface area contributed by atoms with Gasteiger partial charge in [0.25, 0.3) is 5.91 Å². The first-order chi connectivity index (χ1) is 12.0. The molecule has 3 aromatic carbocycles. The summed E-state index contributed by atoms with van der Waals surface area (Å²) in [6.07, 6.45) is -0.582. The number of ether oxygens (including phenoxy) is 1. The van der Waals surface area contributed by atoms with Crippen LogP contribution < -0.4 is 10.1 Å². The van der Waals surface area contributed by atoms with Crippen molar-refractivity contribution in [2.24, 2.45) is 0 Å². The number of benzene rings is 3. The number of hydrogen-bond acceptors (Lipinski definition) is 2. The van der Waals surface area contributed by atoms with Gasteiger partial charge in [0.15, 0.2) is 6.10 Å². The lowest BCUT2D eigenvalue weighted by Crippen LogP contribution is -2.35. The summed E-state index contributed by atoms with van der Waals surface area (Å²) in [7, 11) is 0. The molecule has 0 saturated carbocycles. The largest absolute Gasteiger partial charge is 0.481 e. The SMILES string of the molecule is Cc1cc(O[C@H](C)C(=O)NCc2ccc3ccccc3c2)ccc1Cl. The molecule has 3 aromatic rings. The highest BCUT2D eigenvalue weighted by Gasteiger charge is 2.14. The summed E-state index contributed by atoms with van der Waals surface area (Å²) in [5.74, 6) is 0.482. The third kappa shape index (κ3) is 4.31. The maximum atomic E-state index is 12.3. The van der Waals surface area contributed by atoms with Crippen LogP contribution in [0.2, 0.25) is 5.02 Å². The van der Waals surface area contributed by atoms with Crippen LogP contribution in [0.1, 0.15) is 18.1 Å². The number of halogens is 1. The predicted octanol–water partition coefficient (Wildman–Crippen LogP) is 4.89. The Morgan fingerprint density at radius 2 is 1.84 bits per heavy atom. The number of carbonyl (C=O) groups is 1. The highest BCUT2D eigenvalue weighted by molar-refractivity contribution is 6.31. The molecule has 128 valence electrons. The van der Waals surface area contributed by atoms with Crippen LogP contribution in [0.3, 0.4) is 0 Å². The van der Waals surface area contributed by atoms with Gasteiger partial charge >= 0.3 is 0 Å². The van der Waals surface area contributed by atoms with Crippen molar-refractivity contribution in [1.29, 1.82) is 0 Å². The Hall–Kier alpha value is -2.52. The average molecular weight is 354 g/mol. The first kappa shape index (κ1) is 17.3. The minimum absolute atomic E-state index is 0.152. The molecule has 0 fully saturated rings. The molecule has 4 heteroatoms. The van der Waals surface area contributed by atoms with Crippen LogP contribution in [0, 0.1) is 6.92 Å². The van der Waals surface area contributed by atoms with Gasteiger partial charge in [0.1, 0.15) is 5.75 Å². The zero-order chi connectivity index (χ0) is 17.8. The van der Waals surface area contributed by atoms with Crippen LogP contribution in [0.4, 0.5) is 0 Å². The fourth-order valence-electron chi connectivity index (χ4n) is 2.63. The van der Waals surface area contributed by atoms with E-state index in [0.717, 1.165) is 16.5 Å². The second kappa shape index (κ2) is 7.58. The lowest BCUT2D eigenvalue weighted by atomic mass is 10.1. The van der Waals surface area contributed by atoms with Gasteiger partial charge in [-0.25, -0.2) is 0 Å². The molecular weight excluding hydrogens is 334 g/mol. The minimum atomic E-state index is -0.582. The lowest BCUT2D eigenvalue weighted by molar-refractivity contribution is -0.127. The van der Waals surface area contributed by atoms with Crippen molar-refractivity contribution >= 4 is 28.3 Å². The van der Waals surface area contributed by atoms with Gasteiger partial charge < -0.3 is 10.1 Å². The fraction of sp³-hybridized carbons (Fsp3) is 0.190. The Morgan fingerprint density at radius 1 is 1.08 bits per heavy atom. The Labute approximate surface area is 152 Å². The van der Waals surface area contributed by atoms with Crippen molar-refractivity contribution < 1.29 is 9.53 Å². The molecule has 0 bridgehead atoms. The smallest absolute Gasteiger partial charge is 0.261 e. The molecule has 1 N–H and O–H groups in total. The molecule has 0 aliphatic carbocycles. The lowest BCUT2D eigenvalue weighted by Gasteiger charge is -2.15. The van der Waals surface area contributed by atoms with E-state index in [0.29, 0.717) is 17.3 Å². The van der Waals surface area contributed by atoms with Crippen molar-refractivity contribution in [3.8, 4) is 5.75 Å². The van der Waals surface area contributed by atoms with E-state index in [4.69, 9.17) is 16.3 Å². The van der Waals surface area contributed by atoms with E-state index in [2.05, 4.69) is 29.6 Å². The minimum Gasteiger partial charge on any atom is -0.481 e. The Balaban J connectivity index is 1.59. The second-order valence-corrected chi connectivity index (χ2v) is 6.48. The normalized spacial score (nSPS) is 12.0. The van der Waals surface area contributed by atoms with E-state index < -0.39 is 6.10 Å². The number of aryl methyl sites for hydroxylation is 1. The summed E-state index contributed by atoms with van der Waals surface area (Å²) < 4.78 is 5.70. The third-order valence-corrected chi connectivity index (χ3v) is 4.52. The first-order valence-electron chi connectivity index (χ1n) is 8.21. The number of rotatable bonds is 5. The van der Waals surface area contributed by atoms with Gasteiger partial charge in [-0.15, -0.1) is 0 Å². The van der Waals surface area contributed by atoms with Crippen LogP contribution in [0.25, 0.3) is 10.8 Å². The van der Waals surface area contributed by atoms with E-state index >= 15 is 0 Å². The molecule has 0 radical (unpaired) electrons. The number of nitrogens with one attached hydrogen (secondary N) is 1. The van der Waals surface area contributed by atoms with Crippen molar-refractivity contribution in [2.75, 3.05) is 0 Å². The monoisotopic (exact) mass is 353 g/mol. The van der Waals surface area contributed by atoms with Crippen molar-refractivity contribution in [1.82, 2.24) is 5.32 Å². The van der Waals surface area contributed by atoms with E-state index in [-0.39, 0.29) is 5.91 Å². The molecular formula is C21H20ClNO2. The standard InChI is InChI=1S/C21H20ClNO2/c1-14-11-19(9-10-20(14)22)25-15(2)21(24)23-13-16-7-8-17-5-3-4-6-18(17)12-16/h3-12,15H,13H2,1-2H3,(H,23,24)/t15-/m1/s1. The number of carbonyl (C=O) groups excluding carboxylic acids is 1. The van der Waals surface area contributed by atoms with Crippen LogP contribution in [0.5, 0.6) is 5.75 Å². The Bertz CT molecular complexity index is 907. The molecule has 0 saturated heterocycles. The van der Waals surface area contributed by atoms with E-state index in [9.17, 15) is 4.79 Å². The van der Waals surface area contributed by atoms with Crippen molar-refractivity contribution in [3.05, 3.63) is 76.8 Å². The Kier molecular flexibility index (Phi) is 5.25. The summed E-state index contributed by atoms with van der Waals surface area (Å²) in [5.41, 5.74) is 1.98. The van der Waals surface area contributed by atoms with Gasteiger partial charge in [-0.05, 0) is 60.0 Å². The molecule has 0 unspecified atom stereocenters. The van der Waals surface area contributed by atoms with Crippen LogP contribution >= 0.6 is 11.6 Å². The molecule has 1 atom stereocenters. The van der Waals surface area contributed by atoms with Gasteiger partial charge in [0.05, 0.1) is 0 Å². The van der Waals surface area contributed by atoms with Gasteiger partial charge in [0.2, 0.25) is 0 Å². The molecule has 0 aromatic heterocycles. The van der Waals surface area contributed by atoms with E-state index in [1.165, 1.54) is 5.39 Å². The predicted molar refractivity (Wildman–Crippen MR) is 102 cm³/mol. The summed E-state index contributed by atoms with van der Waals surface area (Å²) in [6.45, 7) is 4.11. The zero-order valence-corrected chi connectivity index (χ0v) is 15.0. The molecule has 0 aliphatic heterocycles. The molecule has 1 amide bonds. The number of fused-ring (bicyclic) bond motifs is 1. The van der Waals surface area contributed by atoms with Gasteiger partial charge in [-0.2, -0.15) is 0 Å². The maximum absolute atomic E-state index is 12.3. The fourth-order valence-corrected chi connectivity index (χ4v) is 2.75. The van der Waals surface area contributed by atoms with E-state index in [1.807, 2.05) is 31.2 Å². The van der Waals surface area contributed by atoms with Gasteiger partial charge in [-0.3, -0.25) is 4.79 Å². The van der Waals surface area contributed by atoms with Crippen LogP contribution in [-0.4, -0.2) is 12.0 Å². The number of amides is 1. The van der Waals surface area contributed by atoms with Gasteiger partial charge in [-0.1, -0.05) is 48.0 Å². The van der Waals surface area contributed by atoms with Crippen LogP contribution in [-0.2, 0) is 11.3 Å². The summed E-state index contributed by atoms with van der Waals surface area (Å²) in [4.78, 5) is 12.3. The van der Waals surface area contributed by atoms with Crippen molar-refractivity contribution in [2.45, 2.75) is 26.5 Å².